The smallest absolute Gasteiger partial charge is 0.126 e. The zero-order valence-electron chi connectivity index (χ0n) is 17.7. The standard InChI is InChI=1S/C25H35NO3/c1-3-4-9-17(2)21(27)14-13-19-22(28)16-23-24(19)20-12-8-11-18(25(20)29-23)10-6-5-7-15-26/h8,11-14,17,19,21-24,27-28H,5-7,9-10,15-16,26H2,1-2H3/b14-13+/t17-,19+,21+,22-,23+,24+/m1/s1. The second-order valence-electron chi connectivity index (χ2n) is 8.48. The van der Waals surface area contributed by atoms with Crippen LogP contribution in [0.5, 0.6) is 5.75 Å². The summed E-state index contributed by atoms with van der Waals surface area (Å²) in [4.78, 5) is 0. The Balaban J connectivity index is 1.72. The number of benzene rings is 1. The Labute approximate surface area is 175 Å². The van der Waals surface area contributed by atoms with Crippen molar-refractivity contribution in [3.63, 3.8) is 0 Å². The molecule has 0 saturated heterocycles. The van der Waals surface area contributed by atoms with Crippen molar-refractivity contribution in [3.8, 4) is 17.6 Å². The van der Waals surface area contributed by atoms with Gasteiger partial charge < -0.3 is 20.7 Å². The maximum Gasteiger partial charge on any atom is 0.126 e. The van der Waals surface area contributed by atoms with E-state index >= 15 is 0 Å². The Morgan fingerprint density at radius 2 is 2.14 bits per heavy atom. The minimum absolute atomic E-state index is 0.0142. The quantitative estimate of drug-likeness (QED) is 0.338. The zero-order chi connectivity index (χ0) is 20.8. The number of nitrogens with two attached hydrogens (primary N) is 1. The fourth-order valence-corrected chi connectivity index (χ4v) is 4.62. The molecule has 29 heavy (non-hydrogen) atoms. The molecule has 0 spiro atoms. The summed E-state index contributed by atoms with van der Waals surface area (Å²) in [6.07, 6.45) is 8.46. The van der Waals surface area contributed by atoms with E-state index in [9.17, 15) is 10.2 Å². The summed E-state index contributed by atoms with van der Waals surface area (Å²) in [7, 11) is 0. The van der Waals surface area contributed by atoms with Gasteiger partial charge in [-0.05, 0) is 44.2 Å². The highest BCUT2D eigenvalue weighted by molar-refractivity contribution is 5.49. The van der Waals surface area contributed by atoms with Gasteiger partial charge in [-0.25, -0.2) is 0 Å². The van der Waals surface area contributed by atoms with E-state index in [0.717, 1.165) is 38.0 Å². The fourth-order valence-electron chi connectivity index (χ4n) is 4.62. The number of aliphatic hydroxyl groups excluding tert-OH is 2. The first-order valence-corrected chi connectivity index (χ1v) is 11.0. The minimum Gasteiger partial charge on any atom is -0.489 e. The van der Waals surface area contributed by atoms with Gasteiger partial charge in [-0.2, -0.15) is 0 Å². The maximum atomic E-state index is 10.6. The van der Waals surface area contributed by atoms with E-state index in [4.69, 9.17) is 10.5 Å². The second kappa shape index (κ2) is 10.3. The summed E-state index contributed by atoms with van der Waals surface area (Å²) >= 11 is 0. The lowest BCUT2D eigenvalue weighted by molar-refractivity contribution is 0.134. The third-order valence-corrected chi connectivity index (χ3v) is 6.35. The Morgan fingerprint density at radius 3 is 2.90 bits per heavy atom. The highest BCUT2D eigenvalue weighted by Gasteiger charge is 2.48. The number of hydrogen-bond acceptors (Lipinski definition) is 4. The predicted octanol–water partition coefficient (Wildman–Crippen LogP) is 3.55. The lowest BCUT2D eigenvalue weighted by Gasteiger charge is -2.19. The van der Waals surface area contributed by atoms with Crippen LogP contribution in [0.1, 0.15) is 63.0 Å². The molecule has 158 valence electrons. The lowest BCUT2D eigenvalue weighted by Crippen LogP contribution is -2.19. The number of ether oxygens (including phenoxy) is 1. The molecule has 1 aliphatic carbocycles. The Kier molecular flexibility index (Phi) is 7.77. The van der Waals surface area contributed by atoms with Crippen LogP contribution >= 0.6 is 0 Å². The van der Waals surface area contributed by atoms with E-state index in [0.29, 0.717) is 12.8 Å². The van der Waals surface area contributed by atoms with Crippen molar-refractivity contribution in [2.45, 2.75) is 76.6 Å². The normalized spacial score (nSPS) is 27.1. The van der Waals surface area contributed by atoms with Crippen molar-refractivity contribution in [1.29, 1.82) is 0 Å². The summed E-state index contributed by atoms with van der Waals surface area (Å²) in [5.74, 6) is 7.11. The van der Waals surface area contributed by atoms with Gasteiger partial charge in [0.15, 0.2) is 0 Å². The van der Waals surface area contributed by atoms with Crippen molar-refractivity contribution in [2.24, 2.45) is 17.6 Å². The number of hydrogen-bond donors (Lipinski definition) is 3. The van der Waals surface area contributed by atoms with Gasteiger partial charge in [0.05, 0.1) is 12.2 Å². The number of unbranched alkanes of at least 4 members (excludes halogenated alkanes) is 2. The van der Waals surface area contributed by atoms with Gasteiger partial charge in [0.2, 0.25) is 0 Å². The van der Waals surface area contributed by atoms with Crippen molar-refractivity contribution in [1.82, 2.24) is 0 Å². The first-order chi connectivity index (χ1) is 14.1. The van der Waals surface area contributed by atoms with E-state index < -0.39 is 12.2 Å². The molecule has 0 bridgehead atoms. The van der Waals surface area contributed by atoms with Crippen LogP contribution in [0.15, 0.2) is 30.4 Å². The van der Waals surface area contributed by atoms with Gasteiger partial charge in [0, 0.05) is 30.2 Å². The number of para-hydroxylation sites is 1. The molecule has 4 heteroatoms. The SMILES string of the molecule is CC#CC[C@@H](C)[C@@H](O)/C=C/[C@@H]1[C@H]2c3cccc(CCCCCN)c3O[C@H]2C[C@H]1O. The highest BCUT2D eigenvalue weighted by atomic mass is 16.5. The number of aliphatic hydroxyl groups is 2. The molecule has 3 rings (SSSR count). The molecule has 6 atom stereocenters. The molecule has 1 aliphatic heterocycles. The molecule has 0 aromatic heterocycles. The molecule has 0 unspecified atom stereocenters. The molecule has 4 N–H and O–H groups in total. The largest absolute Gasteiger partial charge is 0.489 e. The molecular formula is C25H35NO3. The first kappa shape index (κ1) is 21.9. The van der Waals surface area contributed by atoms with E-state index in [2.05, 4.69) is 30.0 Å². The number of aryl methyl sites for hydroxylation is 1. The summed E-state index contributed by atoms with van der Waals surface area (Å²) in [5, 5.41) is 21.1. The summed E-state index contributed by atoms with van der Waals surface area (Å²) in [5.41, 5.74) is 8.07. The van der Waals surface area contributed by atoms with E-state index in [1.807, 2.05) is 26.0 Å². The Hall–Kier alpha value is -1.80. The molecule has 1 aromatic carbocycles. The average molecular weight is 398 g/mol. The van der Waals surface area contributed by atoms with Crippen molar-refractivity contribution < 1.29 is 14.9 Å². The number of rotatable bonds is 9. The monoisotopic (exact) mass is 397 g/mol. The summed E-state index contributed by atoms with van der Waals surface area (Å²) in [6.45, 7) is 4.56. The molecular weight excluding hydrogens is 362 g/mol. The van der Waals surface area contributed by atoms with Gasteiger partial charge in [-0.3, -0.25) is 0 Å². The van der Waals surface area contributed by atoms with Crippen LogP contribution in [0, 0.1) is 23.7 Å². The minimum atomic E-state index is -0.558. The van der Waals surface area contributed by atoms with Gasteiger partial charge >= 0.3 is 0 Å². The first-order valence-electron chi connectivity index (χ1n) is 11.0. The highest BCUT2D eigenvalue weighted by Crippen LogP contribution is 2.52. The van der Waals surface area contributed by atoms with Crippen molar-refractivity contribution >= 4 is 0 Å². The number of fused-ring (bicyclic) bond motifs is 3. The molecule has 1 saturated carbocycles. The average Bonchev–Trinajstić information content (AvgIpc) is 3.22. The van der Waals surface area contributed by atoms with Crippen LogP contribution in [-0.4, -0.2) is 35.1 Å². The van der Waals surface area contributed by atoms with E-state index in [1.54, 1.807) is 0 Å². The molecule has 1 heterocycles. The third-order valence-electron chi connectivity index (χ3n) is 6.35. The van der Waals surface area contributed by atoms with Gasteiger partial charge in [-0.15, -0.1) is 11.8 Å². The van der Waals surface area contributed by atoms with Gasteiger partial charge in [-0.1, -0.05) is 43.7 Å². The van der Waals surface area contributed by atoms with Crippen LogP contribution in [0.4, 0.5) is 0 Å². The second-order valence-corrected chi connectivity index (χ2v) is 8.48. The van der Waals surface area contributed by atoms with Crippen LogP contribution in [0.2, 0.25) is 0 Å². The van der Waals surface area contributed by atoms with Crippen molar-refractivity contribution in [3.05, 3.63) is 41.5 Å². The van der Waals surface area contributed by atoms with E-state index in [-0.39, 0.29) is 23.9 Å². The zero-order valence-corrected chi connectivity index (χ0v) is 17.7. The third kappa shape index (κ3) is 5.04. The topological polar surface area (TPSA) is 75.7 Å². The van der Waals surface area contributed by atoms with Gasteiger partial charge in [0.1, 0.15) is 11.9 Å². The van der Waals surface area contributed by atoms with Crippen LogP contribution in [0.3, 0.4) is 0 Å². The summed E-state index contributed by atoms with van der Waals surface area (Å²) in [6, 6.07) is 6.40. The maximum absolute atomic E-state index is 10.6. The van der Waals surface area contributed by atoms with E-state index in [1.165, 1.54) is 11.1 Å². The Bertz CT molecular complexity index is 763. The van der Waals surface area contributed by atoms with Crippen LogP contribution in [0.25, 0.3) is 0 Å². The van der Waals surface area contributed by atoms with Crippen LogP contribution < -0.4 is 10.5 Å². The summed E-state index contributed by atoms with van der Waals surface area (Å²) < 4.78 is 6.33. The van der Waals surface area contributed by atoms with Crippen LogP contribution in [-0.2, 0) is 6.42 Å². The molecule has 0 radical (unpaired) electrons. The lowest BCUT2D eigenvalue weighted by atomic mass is 9.86. The molecule has 0 amide bonds. The predicted molar refractivity (Wildman–Crippen MR) is 117 cm³/mol. The fraction of sp³-hybridized carbons (Fsp3) is 0.600. The Morgan fingerprint density at radius 1 is 1.31 bits per heavy atom. The molecule has 1 aromatic rings. The van der Waals surface area contributed by atoms with Gasteiger partial charge in [0.25, 0.3) is 0 Å². The molecule has 1 fully saturated rings. The molecule has 4 nitrogen and oxygen atoms in total. The van der Waals surface area contributed by atoms with Crippen molar-refractivity contribution in [2.75, 3.05) is 6.54 Å². The molecule has 2 aliphatic rings.